The first-order chi connectivity index (χ1) is 6.45. The summed E-state index contributed by atoms with van der Waals surface area (Å²) in [6.45, 7) is 0.740. The highest BCUT2D eigenvalue weighted by Gasteiger charge is 2.03. The summed E-state index contributed by atoms with van der Waals surface area (Å²) in [5.74, 6) is 0. The van der Waals surface area contributed by atoms with E-state index >= 15 is 0 Å². The van der Waals surface area contributed by atoms with Crippen LogP contribution in [0.4, 0.5) is 0 Å². The van der Waals surface area contributed by atoms with Crippen LogP contribution in [-0.2, 0) is 4.74 Å². The summed E-state index contributed by atoms with van der Waals surface area (Å²) < 4.78 is 5.38. The van der Waals surface area contributed by atoms with Crippen molar-refractivity contribution in [2.75, 3.05) is 6.61 Å². The van der Waals surface area contributed by atoms with Crippen molar-refractivity contribution in [3.63, 3.8) is 0 Å². The number of ether oxygens (including phenoxy) is 1. The predicted molar refractivity (Wildman–Crippen MR) is 54.4 cm³/mol. The highest BCUT2D eigenvalue weighted by atomic mass is 16.5. The van der Waals surface area contributed by atoms with E-state index in [4.69, 9.17) is 4.74 Å². The molecule has 66 valence electrons. The quantitative estimate of drug-likeness (QED) is 0.623. The molecule has 13 heavy (non-hydrogen) atoms. The summed E-state index contributed by atoms with van der Waals surface area (Å²) in [5, 5.41) is 0. The molecule has 0 spiro atoms. The number of rotatable bonds is 2. The van der Waals surface area contributed by atoms with Crippen molar-refractivity contribution < 1.29 is 4.74 Å². The topological polar surface area (TPSA) is 9.23 Å². The van der Waals surface area contributed by atoms with Gasteiger partial charge in [0.15, 0.2) is 0 Å². The van der Waals surface area contributed by atoms with Crippen molar-refractivity contribution in [1.29, 1.82) is 0 Å². The molecule has 1 aliphatic heterocycles. The van der Waals surface area contributed by atoms with Crippen LogP contribution < -0.4 is 0 Å². The molecule has 0 radical (unpaired) electrons. The Morgan fingerprint density at radius 3 is 2.77 bits per heavy atom. The lowest BCUT2D eigenvalue weighted by molar-refractivity contribution is 0.162. The summed E-state index contributed by atoms with van der Waals surface area (Å²) in [5.41, 5.74) is 1.21. The van der Waals surface area contributed by atoms with Crippen LogP contribution in [0.25, 0.3) is 6.08 Å². The van der Waals surface area contributed by atoms with Gasteiger partial charge in [0, 0.05) is 0 Å². The van der Waals surface area contributed by atoms with E-state index in [1.807, 2.05) is 24.3 Å². The van der Waals surface area contributed by atoms with E-state index in [-0.39, 0.29) is 6.10 Å². The predicted octanol–water partition coefficient (Wildman–Crippen LogP) is 2.65. The van der Waals surface area contributed by atoms with Crippen LogP contribution >= 0.6 is 0 Å². The largest absolute Gasteiger partial charge is 0.366 e. The molecule has 1 heterocycles. The molecular formula is C12H12O. The molecule has 0 fully saturated rings. The monoisotopic (exact) mass is 172 g/mol. The Labute approximate surface area is 78.3 Å². The summed E-state index contributed by atoms with van der Waals surface area (Å²) in [6.07, 6.45) is 8.43. The molecular weight excluding hydrogens is 160 g/mol. The smallest absolute Gasteiger partial charge is 0.0945 e. The Morgan fingerprint density at radius 2 is 2.08 bits per heavy atom. The molecule has 1 nitrogen and oxygen atoms in total. The van der Waals surface area contributed by atoms with Gasteiger partial charge in [0.25, 0.3) is 0 Å². The number of hydrogen-bond donors (Lipinski definition) is 0. The normalized spacial score (nSPS) is 21.4. The maximum atomic E-state index is 5.38. The van der Waals surface area contributed by atoms with E-state index in [0.29, 0.717) is 0 Å². The first-order valence-electron chi connectivity index (χ1n) is 4.47. The zero-order chi connectivity index (χ0) is 8.93. The molecule has 2 rings (SSSR count). The third-order valence-corrected chi connectivity index (χ3v) is 1.99. The Bertz CT molecular complexity index is 311. The van der Waals surface area contributed by atoms with E-state index < -0.39 is 0 Å². The zero-order valence-corrected chi connectivity index (χ0v) is 7.39. The van der Waals surface area contributed by atoms with Gasteiger partial charge in [-0.1, -0.05) is 54.6 Å². The van der Waals surface area contributed by atoms with Crippen LogP contribution in [0, 0.1) is 0 Å². The molecule has 0 bridgehead atoms. The molecule has 1 atom stereocenters. The minimum atomic E-state index is 0.167. The fourth-order valence-electron chi connectivity index (χ4n) is 1.30. The minimum Gasteiger partial charge on any atom is -0.366 e. The summed E-state index contributed by atoms with van der Waals surface area (Å²) in [7, 11) is 0. The minimum absolute atomic E-state index is 0.167. The van der Waals surface area contributed by atoms with E-state index in [2.05, 4.69) is 30.4 Å². The lowest BCUT2D eigenvalue weighted by Gasteiger charge is -2.00. The highest BCUT2D eigenvalue weighted by molar-refractivity contribution is 5.49. The number of benzene rings is 1. The SMILES string of the molecule is C1=CC(/C=C/c2ccccc2)OC1. The van der Waals surface area contributed by atoms with Crippen LogP contribution in [0.15, 0.2) is 48.6 Å². The Morgan fingerprint density at radius 1 is 1.23 bits per heavy atom. The van der Waals surface area contributed by atoms with E-state index in [1.54, 1.807) is 0 Å². The summed E-state index contributed by atoms with van der Waals surface area (Å²) >= 11 is 0. The third kappa shape index (κ3) is 2.30. The lowest BCUT2D eigenvalue weighted by Crippen LogP contribution is -1.98. The van der Waals surface area contributed by atoms with E-state index in [0.717, 1.165) is 6.61 Å². The molecule has 0 saturated carbocycles. The molecule has 0 aliphatic carbocycles. The summed E-state index contributed by atoms with van der Waals surface area (Å²) in [4.78, 5) is 0. The molecule has 1 aromatic rings. The van der Waals surface area contributed by atoms with Crippen LogP contribution in [-0.4, -0.2) is 12.7 Å². The second-order valence-electron chi connectivity index (χ2n) is 3.00. The van der Waals surface area contributed by atoms with Gasteiger partial charge in [0.1, 0.15) is 0 Å². The molecule has 0 aromatic heterocycles. The van der Waals surface area contributed by atoms with Crippen molar-refractivity contribution in [3.8, 4) is 0 Å². The van der Waals surface area contributed by atoms with Gasteiger partial charge in [-0.2, -0.15) is 0 Å². The van der Waals surface area contributed by atoms with Gasteiger partial charge < -0.3 is 4.74 Å². The van der Waals surface area contributed by atoms with Crippen molar-refractivity contribution in [2.45, 2.75) is 6.10 Å². The van der Waals surface area contributed by atoms with Gasteiger partial charge in [-0.25, -0.2) is 0 Å². The van der Waals surface area contributed by atoms with Crippen molar-refractivity contribution >= 4 is 6.08 Å². The third-order valence-electron chi connectivity index (χ3n) is 1.99. The van der Waals surface area contributed by atoms with Gasteiger partial charge in [0.2, 0.25) is 0 Å². The zero-order valence-electron chi connectivity index (χ0n) is 7.39. The molecule has 1 aromatic carbocycles. The number of hydrogen-bond acceptors (Lipinski definition) is 1. The van der Waals surface area contributed by atoms with Gasteiger partial charge >= 0.3 is 0 Å². The van der Waals surface area contributed by atoms with E-state index in [1.165, 1.54) is 5.56 Å². The standard InChI is InChI=1S/C12H12O/c1-2-5-11(6-3-1)8-9-12-7-4-10-13-12/h1-9,12H,10H2/b9-8+. The van der Waals surface area contributed by atoms with Gasteiger partial charge in [0.05, 0.1) is 12.7 Å². The summed E-state index contributed by atoms with van der Waals surface area (Å²) in [6, 6.07) is 10.2. The van der Waals surface area contributed by atoms with Crippen molar-refractivity contribution in [2.24, 2.45) is 0 Å². The average molecular weight is 172 g/mol. The lowest BCUT2D eigenvalue weighted by atomic mass is 10.2. The highest BCUT2D eigenvalue weighted by Crippen LogP contribution is 2.08. The van der Waals surface area contributed by atoms with Crippen LogP contribution in [0.2, 0.25) is 0 Å². The first kappa shape index (κ1) is 8.27. The van der Waals surface area contributed by atoms with Gasteiger partial charge in [-0.05, 0) is 5.56 Å². The second-order valence-corrected chi connectivity index (χ2v) is 3.00. The van der Waals surface area contributed by atoms with Crippen molar-refractivity contribution in [3.05, 3.63) is 54.1 Å². The molecule has 0 N–H and O–H groups in total. The molecule has 1 unspecified atom stereocenters. The van der Waals surface area contributed by atoms with Gasteiger partial charge in [-0.3, -0.25) is 0 Å². The molecule has 1 heteroatoms. The Kier molecular flexibility index (Phi) is 2.58. The fourth-order valence-corrected chi connectivity index (χ4v) is 1.30. The van der Waals surface area contributed by atoms with E-state index in [9.17, 15) is 0 Å². The van der Waals surface area contributed by atoms with Crippen molar-refractivity contribution in [1.82, 2.24) is 0 Å². The van der Waals surface area contributed by atoms with Crippen LogP contribution in [0.1, 0.15) is 5.56 Å². The van der Waals surface area contributed by atoms with Crippen LogP contribution in [0.3, 0.4) is 0 Å². The second kappa shape index (κ2) is 4.06. The Hall–Kier alpha value is -1.34. The first-order valence-corrected chi connectivity index (χ1v) is 4.47. The maximum Gasteiger partial charge on any atom is 0.0945 e. The fraction of sp³-hybridized carbons (Fsp3) is 0.167. The van der Waals surface area contributed by atoms with Gasteiger partial charge in [-0.15, -0.1) is 0 Å². The average Bonchev–Trinajstić information content (AvgIpc) is 2.69. The maximum absolute atomic E-state index is 5.38. The molecule has 1 aliphatic rings. The molecule has 0 saturated heterocycles. The molecule has 0 amide bonds. The Balaban J connectivity index is 2.01. The van der Waals surface area contributed by atoms with Crippen LogP contribution in [0.5, 0.6) is 0 Å².